The number of allylic oxidation sites excluding steroid dienone is 4. The zero-order chi connectivity index (χ0) is 32.6. The molecule has 1 saturated heterocycles. The van der Waals surface area contributed by atoms with Crippen molar-refractivity contribution in [2.45, 2.75) is 89.5 Å². The number of aliphatic hydroxyl groups excluding tert-OH is 2. The molecular weight excluding hydrogens is 596 g/mol. The minimum atomic E-state index is -1.52. The van der Waals surface area contributed by atoms with Gasteiger partial charge in [-0.15, -0.1) is 0 Å². The maximum atomic E-state index is 12.8. The third-order valence-corrected chi connectivity index (χ3v) is 8.36. The SMILES string of the molecule is CCOC(=O)C1CCC2(CC1)OC(=O)C(=CC=C(C)C=CC1=C(O)OC3(CCC4(CC3)OC(=O)C(C)=C(O)O4)OC1=O)C(=O)O2. The zero-order valence-electron chi connectivity index (χ0n) is 25.0. The van der Waals surface area contributed by atoms with Gasteiger partial charge in [0.1, 0.15) is 16.7 Å². The van der Waals surface area contributed by atoms with Crippen molar-refractivity contribution >= 4 is 29.8 Å². The standard InChI is InChI=1S/C31H34O14/c1-4-39-24(34)19-9-11-29(12-10-19)42-25(35)20(26(36)43-29)7-5-17(2)6-8-21-27(37)44-31(45-28(21)38)15-13-30(14-16-31)40-22(32)18(3)23(33)41-30/h5-8,19,32,37H,4,9-16H2,1-3H3. The van der Waals surface area contributed by atoms with Crippen LogP contribution in [0.15, 0.2) is 58.5 Å². The lowest BCUT2D eigenvalue weighted by Crippen LogP contribution is -2.52. The first-order valence-electron chi connectivity index (χ1n) is 14.7. The predicted molar refractivity (Wildman–Crippen MR) is 148 cm³/mol. The van der Waals surface area contributed by atoms with E-state index in [2.05, 4.69) is 0 Å². The predicted octanol–water partition coefficient (Wildman–Crippen LogP) is 3.64. The first kappa shape index (κ1) is 31.7. The fourth-order valence-corrected chi connectivity index (χ4v) is 5.66. The Morgan fingerprint density at radius 2 is 1.31 bits per heavy atom. The molecule has 0 aromatic heterocycles. The van der Waals surface area contributed by atoms with Crippen LogP contribution < -0.4 is 0 Å². The molecule has 0 aromatic carbocycles. The van der Waals surface area contributed by atoms with E-state index < -0.39 is 53.1 Å². The minimum absolute atomic E-state index is 0.00532. The number of esters is 5. The largest absolute Gasteiger partial charge is 0.481 e. The number of hydrogen-bond acceptors (Lipinski definition) is 14. The van der Waals surface area contributed by atoms with E-state index in [0.29, 0.717) is 18.4 Å². The molecule has 3 fully saturated rings. The van der Waals surface area contributed by atoms with Crippen LogP contribution in [0.4, 0.5) is 0 Å². The number of rotatable bonds is 5. The van der Waals surface area contributed by atoms with Crippen LogP contribution in [0.1, 0.15) is 72.1 Å². The second-order valence-electron chi connectivity index (χ2n) is 11.5. The summed E-state index contributed by atoms with van der Waals surface area (Å²) in [5.41, 5.74) is -0.177. The fourth-order valence-electron chi connectivity index (χ4n) is 5.66. The Kier molecular flexibility index (Phi) is 8.43. The van der Waals surface area contributed by atoms with Gasteiger partial charge in [-0.2, -0.15) is 0 Å². The molecule has 3 spiro atoms. The monoisotopic (exact) mass is 630 g/mol. The first-order chi connectivity index (χ1) is 21.3. The van der Waals surface area contributed by atoms with E-state index in [1.54, 1.807) is 13.8 Å². The molecule has 3 heterocycles. The van der Waals surface area contributed by atoms with Crippen molar-refractivity contribution in [1.29, 1.82) is 0 Å². The summed E-state index contributed by atoms with van der Waals surface area (Å²) in [7, 11) is 0. The summed E-state index contributed by atoms with van der Waals surface area (Å²) < 4.78 is 37.9. The average molecular weight is 631 g/mol. The second kappa shape index (κ2) is 12.0. The smallest absolute Gasteiger partial charge is 0.348 e. The van der Waals surface area contributed by atoms with E-state index in [1.165, 1.54) is 31.2 Å². The maximum Gasteiger partial charge on any atom is 0.348 e. The van der Waals surface area contributed by atoms with Crippen LogP contribution in [0.3, 0.4) is 0 Å². The number of aliphatic hydroxyl groups is 2. The van der Waals surface area contributed by atoms with E-state index in [-0.39, 0.29) is 73.7 Å². The van der Waals surface area contributed by atoms with E-state index in [4.69, 9.17) is 33.2 Å². The Morgan fingerprint density at radius 3 is 1.84 bits per heavy atom. The van der Waals surface area contributed by atoms with Crippen LogP contribution in [0.25, 0.3) is 0 Å². The summed E-state index contributed by atoms with van der Waals surface area (Å²) in [4.78, 5) is 62.3. The molecule has 14 nitrogen and oxygen atoms in total. The second-order valence-corrected chi connectivity index (χ2v) is 11.5. The highest BCUT2D eigenvalue weighted by atomic mass is 16.8. The van der Waals surface area contributed by atoms with Gasteiger partial charge in [0, 0.05) is 38.5 Å². The van der Waals surface area contributed by atoms with Crippen molar-refractivity contribution in [3.05, 3.63) is 58.5 Å². The topological polar surface area (TPSA) is 190 Å². The third kappa shape index (κ3) is 6.40. The maximum absolute atomic E-state index is 12.8. The Morgan fingerprint density at radius 1 is 0.800 bits per heavy atom. The van der Waals surface area contributed by atoms with Gasteiger partial charge < -0.3 is 43.4 Å². The summed E-state index contributed by atoms with van der Waals surface area (Å²) in [5, 5.41) is 20.5. The van der Waals surface area contributed by atoms with Gasteiger partial charge in [0.05, 0.1) is 12.5 Å². The lowest BCUT2D eigenvalue weighted by molar-refractivity contribution is -0.303. The van der Waals surface area contributed by atoms with Crippen LogP contribution in [0.5, 0.6) is 0 Å². The first-order valence-corrected chi connectivity index (χ1v) is 14.7. The molecule has 14 heteroatoms. The Labute approximate surface area is 257 Å². The number of carbonyl (C=O) groups excluding carboxylic acids is 5. The van der Waals surface area contributed by atoms with Crippen LogP contribution in [0.2, 0.25) is 0 Å². The van der Waals surface area contributed by atoms with Crippen LogP contribution in [-0.2, 0) is 57.1 Å². The number of carbonyl (C=O) groups is 5. The van der Waals surface area contributed by atoms with Gasteiger partial charge in [0.15, 0.2) is 0 Å². The van der Waals surface area contributed by atoms with Gasteiger partial charge >= 0.3 is 29.8 Å². The Hall–Kier alpha value is -4.75. The molecule has 0 amide bonds. The van der Waals surface area contributed by atoms with E-state index in [0.717, 1.165) is 0 Å². The van der Waals surface area contributed by atoms with E-state index in [9.17, 15) is 34.2 Å². The summed E-state index contributed by atoms with van der Waals surface area (Å²) in [6, 6.07) is 0. The van der Waals surface area contributed by atoms with Crippen LogP contribution in [0, 0.1) is 5.92 Å². The molecule has 2 saturated carbocycles. The average Bonchev–Trinajstić information content (AvgIpc) is 2.97. The van der Waals surface area contributed by atoms with Gasteiger partial charge in [0.2, 0.25) is 0 Å². The molecule has 2 aliphatic carbocycles. The summed E-state index contributed by atoms with van der Waals surface area (Å²) >= 11 is 0. The zero-order valence-corrected chi connectivity index (χ0v) is 25.0. The van der Waals surface area contributed by atoms with Gasteiger partial charge in [-0.3, -0.25) is 4.79 Å². The summed E-state index contributed by atoms with van der Waals surface area (Å²) in [6.07, 6.45) is 6.47. The summed E-state index contributed by atoms with van der Waals surface area (Å²) in [6.45, 7) is 4.97. The highest BCUT2D eigenvalue weighted by Crippen LogP contribution is 2.46. The van der Waals surface area contributed by atoms with Gasteiger partial charge in [0.25, 0.3) is 29.3 Å². The molecule has 5 rings (SSSR count). The van der Waals surface area contributed by atoms with Gasteiger partial charge in [-0.05, 0) is 45.8 Å². The highest BCUT2D eigenvalue weighted by molar-refractivity contribution is 6.15. The molecule has 0 bridgehead atoms. The van der Waals surface area contributed by atoms with Gasteiger partial charge in [-0.25, -0.2) is 19.2 Å². The van der Waals surface area contributed by atoms with Crippen molar-refractivity contribution in [2.24, 2.45) is 5.92 Å². The summed E-state index contributed by atoms with van der Waals surface area (Å²) in [5.74, 6) is -9.54. The van der Waals surface area contributed by atoms with Crippen LogP contribution >= 0.6 is 0 Å². The molecule has 3 aliphatic heterocycles. The molecule has 0 atom stereocenters. The quantitative estimate of drug-likeness (QED) is 0.147. The van der Waals surface area contributed by atoms with Crippen molar-refractivity contribution in [3.63, 3.8) is 0 Å². The van der Waals surface area contributed by atoms with Crippen molar-refractivity contribution in [2.75, 3.05) is 6.61 Å². The molecule has 0 aromatic rings. The van der Waals surface area contributed by atoms with Crippen molar-refractivity contribution in [1.82, 2.24) is 0 Å². The third-order valence-electron chi connectivity index (χ3n) is 8.36. The fraction of sp³-hybridized carbons (Fsp3) is 0.516. The van der Waals surface area contributed by atoms with E-state index >= 15 is 0 Å². The van der Waals surface area contributed by atoms with Crippen molar-refractivity contribution < 1.29 is 67.3 Å². The molecule has 2 N–H and O–H groups in total. The lowest BCUT2D eigenvalue weighted by atomic mass is 9.84. The van der Waals surface area contributed by atoms with Gasteiger partial charge in [-0.1, -0.05) is 17.7 Å². The molecule has 242 valence electrons. The molecular formula is C31H34O14. The lowest BCUT2D eigenvalue weighted by Gasteiger charge is -2.46. The Balaban J connectivity index is 1.19. The van der Waals surface area contributed by atoms with Crippen molar-refractivity contribution in [3.8, 4) is 0 Å². The van der Waals surface area contributed by atoms with Crippen LogP contribution in [-0.4, -0.2) is 64.0 Å². The normalized spacial score (nSPS) is 32.2. The van der Waals surface area contributed by atoms with E-state index in [1.807, 2.05) is 0 Å². The molecule has 0 unspecified atom stereocenters. The molecule has 45 heavy (non-hydrogen) atoms. The molecule has 5 aliphatic rings. The highest BCUT2D eigenvalue weighted by Gasteiger charge is 2.55. The molecule has 0 radical (unpaired) electrons. The minimum Gasteiger partial charge on any atom is -0.481 e. The number of ether oxygens (including phenoxy) is 7. The Bertz CT molecular complexity index is 1440. The number of hydrogen-bond donors (Lipinski definition) is 2.